The molecule has 0 aromatic heterocycles. The summed E-state index contributed by atoms with van der Waals surface area (Å²) >= 11 is 0. The summed E-state index contributed by atoms with van der Waals surface area (Å²) in [5.41, 5.74) is -0.291. The quantitative estimate of drug-likeness (QED) is 0.771. The molecule has 0 saturated carbocycles. The fourth-order valence-corrected chi connectivity index (χ4v) is 3.43. The molecule has 7 nitrogen and oxygen atoms in total. The highest BCUT2D eigenvalue weighted by Gasteiger charge is 2.45. The smallest absolute Gasteiger partial charge is 0.411 e. The number of esters is 1. The molecular weight excluding hydrogens is 372 g/mol. The third-order valence-corrected chi connectivity index (χ3v) is 5.17. The molecule has 0 spiro atoms. The SMILES string of the molecule is COC(=O)c1ccc([C@H](C)NC(=O)C2(C)CCCCN2C(=O)OC(C)(C)C)cc1. The molecule has 1 N–H and O–H groups in total. The van der Waals surface area contributed by atoms with Crippen LogP contribution in [-0.4, -0.2) is 47.7 Å². The maximum atomic E-state index is 13.2. The number of rotatable bonds is 4. The van der Waals surface area contributed by atoms with Crippen LogP contribution in [0.25, 0.3) is 0 Å². The standard InChI is InChI=1S/C22H32N2O5/c1-15(16-9-11-17(12-10-16)18(25)28-6)23-19(26)22(5)13-7-8-14-24(22)20(27)29-21(2,3)4/h9-12,15H,7-8,13-14H2,1-6H3,(H,23,26)/t15-,22?/m0/s1. The molecule has 1 saturated heterocycles. The summed E-state index contributed by atoms with van der Waals surface area (Å²) in [6.45, 7) is 9.58. The Bertz CT molecular complexity index is 753. The van der Waals surface area contributed by atoms with E-state index in [0.717, 1.165) is 18.4 Å². The number of ether oxygens (including phenoxy) is 2. The number of methoxy groups -OCH3 is 1. The van der Waals surface area contributed by atoms with E-state index in [4.69, 9.17) is 9.47 Å². The fraction of sp³-hybridized carbons (Fsp3) is 0.591. The number of hydrogen-bond acceptors (Lipinski definition) is 5. The number of carbonyl (C=O) groups excluding carboxylic acids is 3. The third-order valence-electron chi connectivity index (χ3n) is 5.17. The minimum absolute atomic E-state index is 0.215. The largest absolute Gasteiger partial charge is 0.465 e. The van der Waals surface area contributed by atoms with Gasteiger partial charge in [-0.1, -0.05) is 12.1 Å². The molecule has 0 radical (unpaired) electrons. The van der Waals surface area contributed by atoms with Crippen LogP contribution in [0.1, 0.15) is 75.8 Å². The van der Waals surface area contributed by atoms with Gasteiger partial charge in [0.25, 0.3) is 0 Å². The lowest BCUT2D eigenvalue weighted by molar-refractivity contribution is -0.135. The predicted octanol–water partition coefficient (Wildman–Crippen LogP) is 3.83. The van der Waals surface area contributed by atoms with E-state index in [1.165, 1.54) is 7.11 Å². The zero-order valence-corrected chi connectivity index (χ0v) is 18.2. The van der Waals surface area contributed by atoms with Crippen molar-refractivity contribution in [1.82, 2.24) is 10.2 Å². The van der Waals surface area contributed by atoms with Crippen LogP contribution in [-0.2, 0) is 14.3 Å². The highest BCUT2D eigenvalue weighted by Crippen LogP contribution is 2.31. The van der Waals surface area contributed by atoms with Crippen LogP contribution in [0.15, 0.2) is 24.3 Å². The van der Waals surface area contributed by atoms with Gasteiger partial charge < -0.3 is 14.8 Å². The molecule has 0 aliphatic carbocycles. The van der Waals surface area contributed by atoms with Crippen LogP contribution in [0, 0.1) is 0 Å². The number of amides is 2. The highest BCUT2D eigenvalue weighted by molar-refractivity contribution is 5.90. The number of nitrogens with zero attached hydrogens (tertiary/aromatic N) is 1. The molecule has 1 aromatic carbocycles. The average molecular weight is 405 g/mol. The van der Waals surface area contributed by atoms with Crippen LogP contribution in [0.2, 0.25) is 0 Å². The van der Waals surface area contributed by atoms with Crippen molar-refractivity contribution in [1.29, 1.82) is 0 Å². The average Bonchev–Trinajstić information content (AvgIpc) is 2.66. The van der Waals surface area contributed by atoms with Gasteiger partial charge in [0.1, 0.15) is 11.1 Å². The molecule has 1 aliphatic heterocycles. The second-order valence-electron chi connectivity index (χ2n) is 8.67. The minimum atomic E-state index is -0.971. The van der Waals surface area contributed by atoms with E-state index in [1.807, 2.05) is 27.7 Å². The number of hydrogen-bond donors (Lipinski definition) is 1. The first-order valence-electron chi connectivity index (χ1n) is 9.98. The zero-order chi connectivity index (χ0) is 21.8. The number of carbonyl (C=O) groups is 3. The number of piperidine rings is 1. The molecule has 1 fully saturated rings. The summed E-state index contributed by atoms with van der Waals surface area (Å²) in [5.74, 6) is -0.622. The van der Waals surface area contributed by atoms with Crippen molar-refractivity contribution in [3.05, 3.63) is 35.4 Å². The molecule has 1 aromatic rings. The maximum Gasteiger partial charge on any atom is 0.411 e. The van der Waals surface area contributed by atoms with Crippen molar-refractivity contribution < 1.29 is 23.9 Å². The van der Waals surface area contributed by atoms with Gasteiger partial charge in [0.2, 0.25) is 5.91 Å². The lowest BCUT2D eigenvalue weighted by atomic mass is 9.87. The maximum absolute atomic E-state index is 13.2. The molecule has 7 heteroatoms. The fourth-order valence-electron chi connectivity index (χ4n) is 3.43. The first kappa shape index (κ1) is 22.7. The third kappa shape index (κ3) is 5.49. The van der Waals surface area contributed by atoms with Crippen molar-refractivity contribution in [3.63, 3.8) is 0 Å². The number of benzene rings is 1. The molecular formula is C22H32N2O5. The molecule has 2 rings (SSSR count). The molecule has 160 valence electrons. The van der Waals surface area contributed by atoms with E-state index < -0.39 is 23.2 Å². The molecule has 2 atom stereocenters. The lowest BCUT2D eigenvalue weighted by Crippen LogP contribution is -2.61. The van der Waals surface area contributed by atoms with E-state index in [9.17, 15) is 14.4 Å². The van der Waals surface area contributed by atoms with Crippen molar-refractivity contribution in [2.24, 2.45) is 0 Å². The van der Waals surface area contributed by atoms with E-state index in [0.29, 0.717) is 18.5 Å². The molecule has 1 heterocycles. The van der Waals surface area contributed by atoms with Gasteiger partial charge in [-0.05, 0) is 71.6 Å². The summed E-state index contributed by atoms with van der Waals surface area (Å²) in [6, 6.07) is 6.62. The first-order chi connectivity index (χ1) is 13.5. The van der Waals surface area contributed by atoms with Gasteiger partial charge >= 0.3 is 12.1 Å². The first-order valence-corrected chi connectivity index (χ1v) is 9.98. The zero-order valence-electron chi connectivity index (χ0n) is 18.2. The molecule has 1 aliphatic rings. The summed E-state index contributed by atoms with van der Waals surface area (Å²) in [4.78, 5) is 39.0. The van der Waals surface area contributed by atoms with E-state index >= 15 is 0 Å². The Morgan fingerprint density at radius 1 is 1.14 bits per heavy atom. The lowest BCUT2D eigenvalue weighted by Gasteiger charge is -2.44. The second kappa shape index (κ2) is 8.84. The normalized spacial score (nSPS) is 20.6. The Morgan fingerprint density at radius 3 is 2.31 bits per heavy atom. The predicted molar refractivity (Wildman–Crippen MR) is 110 cm³/mol. The van der Waals surface area contributed by atoms with Crippen molar-refractivity contribution in [3.8, 4) is 0 Å². The van der Waals surface area contributed by atoms with Crippen molar-refractivity contribution in [2.45, 2.75) is 71.1 Å². The Morgan fingerprint density at radius 2 is 1.76 bits per heavy atom. The van der Waals surface area contributed by atoms with E-state index in [2.05, 4.69) is 5.32 Å². The summed E-state index contributed by atoms with van der Waals surface area (Å²) < 4.78 is 10.2. The van der Waals surface area contributed by atoms with Crippen LogP contribution in [0.4, 0.5) is 4.79 Å². The van der Waals surface area contributed by atoms with Crippen LogP contribution >= 0.6 is 0 Å². The second-order valence-corrected chi connectivity index (χ2v) is 8.67. The van der Waals surface area contributed by atoms with Gasteiger partial charge in [0.05, 0.1) is 18.7 Å². The van der Waals surface area contributed by atoms with E-state index in [1.54, 1.807) is 36.1 Å². The Balaban J connectivity index is 2.13. The van der Waals surface area contributed by atoms with Crippen LogP contribution in [0.3, 0.4) is 0 Å². The highest BCUT2D eigenvalue weighted by atomic mass is 16.6. The van der Waals surface area contributed by atoms with Crippen molar-refractivity contribution in [2.75, 3.05) is 13.7 Å². The molecule has 2 amide bonds. The van der Waals surface area contributed by atoms with Gasteiger partial charge in [-0.3, -0.25) is 9.69 Å². The number of nitrogens with one attached hydrogen (secondary N) is 1. The molecule has 0 bridgehead atoms. The Hall–Kier alpha value is -2.57. The van der Waals surface area contributed by atoms with Crippen LogP contribution in [0.5, 0.6) is 0 Å². The van der Waals surface area contributed by atoms with Crippen LogP contribution < -0.4 is 5.32 Å². The molecule has 1 unspecified atom stereocenters. The van der Waals surface area contributed by atoms with Gasteiger partial charge in [-0.25, -0.2) is 9.59 Å². The Kier molecular flexibility index (Phi) is 6.93. The van der Waals surface area contributed by atoms with E-state index in [-0.39, 0.29) is 11.9 Å². The van der Waals surface area contributed by atoms with Gasteiger partial charge in [-0.2, -0.15) is 0 Å². The van der Waals surface area contributed by atoms with Gasteiger partial charge in [-0.15, -0.1) is 0 Å². The van der Waals surface area contributed by atoms with Gasteiger partial charge in [0.15, 0.2) is 0 Å². The Labute approximate surface area is 172 Å². The molecule has 29 heavy (non-hydrogen) atoms. The monoisotopic (exact) mass is 404 g/mol. The number of likely N-dealkylation sites (tertiary alicyclic amines) is 1. The minimum Gasteiger partial charge on any atom is -0.465 e. The summed E-state index contributed by atoms with van der Waals surface area (Å²) in [5, 5.41) is 3.01. The van der Waals surface area contributed by atoms with Crippen molar-refractivity contribution >= 4 is 18.0 Å². The topological polar surface area (TPSA) is 84.9 Å². The van der Waals surface area contributed by atoms with Gasteiger partial charge in [0, 0.05) is 6.54 Å². The summed E-state index contributed by atoms with van der Waals surface area (Å²) in [7, 11) is 1.33. The summed E-state index contributed by atoms with van der Waals surface area (Å²) in [6.07, 6.45) is 1.81.